The second-order valence-corrected chi connectivity index (χ2v) is 6.87. The second kappa shape index (κ2) is 4.01. The van der Waals surface area contributed by atoms with E-state index in [1.165, 1.54) is 4.57 Å². The smallest absolute Gasteiger partial charge is 0.245 e. The normalized spacial score (nSPS) is 30.5. The maximum atomic E-state index is 12.9. The number of allylic oxidation sites excluding steroid dienone is 4. The van der Waals surface area contributed by atoms with Gasteiger partial charge in [-0.15, -0.1) is 0 Å². The number of benzene rings is 1. The molecular formula is C16H12BrN3O2. The largest absolute Gasteiger partial charge is 0.352 e. The van der Waals surface area contributed by atoms with E-state index in [9.17, 15) is 9.59 Å². The molecular weight excluding hydrogens is 346 g/mol. The lowest BCUT2D eigenvalue weighted by molar-refractivity contribution is 0.136. The molecule has 0 saturated heterocycles. The van der Waals surface area contributed by atoms with Crippen molar-refractivity contribution in [1.29, 1.82) is 0 Å². The van der Waals surface area contributed by atoms with E-state index in [-0.39, 0.29) is 23.5 Å². The highest BCUT2D eigenvalue weighted by Gasteiger charge is 2.50. The first-order valence-corrected chi connectivity index (χ1v) is 8.05. The zero-order chi connectivity index (χ0) is 15.0. The highest BCUT2D eigenvalue weighted by atomic mass is 79.9. The van der Waals surface area contributed by atoms with Crippen LogP contribution in [0.15, 0.2) is 62.6 Å². The zero-order valence-electron chi connectivity index (χ0n) is 11.5. The molecule has 0 amide bonds. The second-order valence-electron chi connectivity index (χ2n) is 5.95. The lowest BCUT2D eigenvalue weighted by Crippen LogP contribution is -2.51. The topological polar surface area (TPSA) is 48.9 Å². The standard InChI is InChI=1S/C16H12BrN3O2/c17-12-8-13-10-6-7-11(10)14(12)20-16(22)18(15(21)19(13)20)9-4-2-1-3-5-9/h1-8,10-11,13-14H/t10-,11-,13-,14+/m0/s1. The molecule has 4 aliphatic rings. The molecule has 6 heteroatoms. The maximum Gasteiger partial charge on any atom is 0.352 e. The van der Waals surface area contributed by atoms with Crippen LogP contribution in [0.3, 0.4) is 0 Å². The predicted octanol–water partition coefficient (Wildman–Crippen LogP) is 1.99. The molecule has 0 spiro atoms. The first-order chi connectivity index (χ1) is 10.7. The van der Waals surface area contributed by atoms with Gasteiger partial charge in [0.05, 0.1) is 17.8 Å². The Labute approximate surface area is 133 Å². The molecule has 1 aromatic carbocycles. The molecule has 0 radical (unpaired) electrons. The first-order valence-electron chi connectivity index (χ1n) is 7.25. The summed E-state index contributed by atoms with van der Waals surface area (Å²) in [5.41, 5.74) is 0.0823. The van der Waals surface area contributed by atoms with Gasteiger partial charge in [0.2, 0.25) is 0 Å². The van der Waals surface area contributed by atoms with Crippen LogP contribution in [0, 0.1) is 11.8 Å². The molecule has 0 unspecified atom stereocenters. The molecule has 0 fully saturated rings. The zero-order valence-corrected chi connectivity index (χ0v) is 13.1. The third-order valence-corrected chi connectivity index (χ3v) is 5.67. The van der Waals surface area contributed by atoms with Crippen molar-refractivity contribution < 1.29 is 0 Å². The van der Waals surface area contributed by atoms with E-state index < -0.39 is 0 Å². The predicted molar refractivity (Wildman–Crippen MR) is 85.5 cm³/mol. The molecule has 2 bridgehead atoms. The molecule has 1 aromatic heterocycles. The molecule has 0 saturated carbocycles. The summed E-state index contributed by atoms with van der Waals surface area (Å²) in [4.78, 5) is 25.7. The van der Waals surface area contributed by atoms with Crippen molar-refractivity contribution >= 4 is 15.9 Å². The Kier molecular flexibility index (Phi) is 2.27. The fourth-order valence-electron chi connectivity index (χ4n) is 3.89. The number of rotatable bonds is 1. The summed E-state index contributed by atoms with van der Waals surface area (Å²) in [6, 6.07) is 8.91. The van der Waals surface area contributed by atoms with Crippen molar-refractivity contribution in [3.63, 3.8) is 0 Å². The summed E-state index contributed by atoms with van der Waals surface area (Å²) in [5.74, 6) is 0.614. The third-order valence-electron chi connectivity index (χ3n) is 4.94. The molecule has 2 aliphatic heterocycles. The average molecular weight is 358 g/mol. The van der Waals surface area contributed by atoms with Crippen LogP contribution in [0.25, 0.3) is 5.69 Å². The van der Waals surface area contributed by atoms with E-state index in [0.717, 1.165) is 4.48 Å². The molecule has 22 heavy (non-hydrogen) atoms. The molecule has 6 rings (SSSR count). The Morgan fingerprint density at radius 3 is 2.27 bits per heavy atom. The minimum absolute atomic E-state index is 0.0838. The van der Waals surface area contributed by atoms with Crippen LogP contribution in [-0.4, -0.2) is 13.9 Å². The van der Waals surface area contributed by atoms with Crippen molar-refractivity contribution in [2.75, 3.05) is 0 Å². The van der Waals surface area contributed by atoms with Crippen molar-refractivity contribution in [3.05, 3.63) is 74.0 Å². The highest BCUT2D eigenvalue weighted by molar-refractivity contribution is 9.11. The summed E-state index contributed by atoms with van der Waals surface area (Å²) in [6.45, 7) is 0. The lowest BCUT2D eigenvalue weighted by atomic mass is 9.68. The van der Waals surface area contributed by atoms with Gasteiger partial charge in [0, 0.05) is 16.3 Å². The molecule has 2 aromatic rings. The van der Waals surface area contributed by atoms with Crippen LogP contribution in [-0.2, 0) is 0 Å². The van der Waals surface area contributed by atoms with E-state index in [2.05, 4.69) is 34.2 Å². The minimum atomic E-state index is -0.269. The monoisotopic (exact) mass is 357 g/mol. The fraction of sp³-hybridized carbons (Fsp3) is 0.250. The Morgan fingerprint density at radius 1 is 0.909 bits per heavy atom. The number of hydrogen-bond donors (Lipinski definition) is 0. The molecule has 0 N–H and O–H groups in total. The number of halogens is 1. The number of para-hydroxylation sites is 1. The third kappa shape index (κ3) is 1.30. The average Bonchev–Trinajstić information content (AvgIpc) is 2.74. The van der Waals surface area contributed by atoms with Gasteiger partial charge in [-0.05, 0) is 18.2 Å². The summed E-state index contributed by atoms with van der Waals surface area (Å²) in [7, 11) is 0. The highest BCUT2D eigenvalue weighted by Crippen LogP contribution is 2.53. The van der Waals surface area contributed by atoms with Gasteiger partial charge in [-0.25, -0.2) is 23.5 Å². The Morgan fingerprint density at radius 2 is 1.59 bits per heavy atom. The molecule has 4 atom stereocenters. The minimum Gasteiger partial charge on any atom is -0.245 e. The molecule has 2 aliphatic carbocycles. The van der Waals surface area contributed by atoms with Crippen LogP contribution >= 0.6 is 15.9 Å². The fourth-order valence-corrected chi connectivity index (χ4v) is 4.66. The van der Waals surface area contributed by atoms with Gasteiger partial charge >= 0.3 is 11.4 Å². The summed E-state index contributed by atoms with van der Waals surface area (Å²) < 4.78 is 5.50. The molecule has 3 heterocycles. The Bertz CT molecular complexity index is 964. The number of hydrogen-bond acceptors (Lipinski definition) is 2. The van der Waals surface area contributed by atoms with E-state index >= 15 is 0 Å². The van der Waals surface area contributed by atoms with Crippen LogP contribution in [0.5, 0.6) is 0 Å². The van der Waals surface area contributed by atoms with Gasteiger partial charge < -0.3 is 0 Å². The van der Waals surface area contributed by atoms with Gasteiger partial charge in [0.25, 0.3) is 0 Å². The van der Waals surface area contributed by atoms with Gasteiger partial charge in [0.15, 0.2) is 0 Å². The maximum absolute atomic E-state index is 12.9. The lowest BCUT2D eigenvalue weighted by Gasteiger charge is -2.49. The van der Waals surface area contributed by atoms with E-state index in [1.807, 2.05) is 18.2 Å². The SMILES string of the molecule is O=c1n(-c2ccccc2)c(=O)n2n1[C@H]1C=C(Br)[C@H]2[C@H]2C=C[C@@H]21. The van der Waals surface area contributed by atoms with Crippen molar-refractivity contribution in [2.45, 2.75) is 12.1 Å². The van der Waals surface area contributed by atoms with Gasteiger partial charge in [-0.3, -0.25) is 0 Å². The number of nitrogens with zero attached hydrogens (tertiary/aromatic N) is 3. The summed E-state index contributed by atoms with van der Waals surface area (Å²) in [6.07, 6.45) is 6.33. The summed E-state index contributed by atoms with van der Waals surface area (Å²) in [5, 5.41) is 0. The van der Waals surface area contributed by atoms with E-state index in [1.54, 1.807) is 21.5 Å². The quantitative estimate of drug-likeness (QED) is 0.732. The van der Waals surface area contributed by atoms with Crippen LogP contribution in [0.4, 0.5) is 0 Å². The van der Waals surface area contributed by atoms with Crippen molar-refractivity contribution in [3.8, 4) is 5.69 Å². The summed E-state index contributed by atoms with van der Waals surface area (Å²) >= 11 is 3.58. The first kappa shape index (κ1) is 12.5. The van der Waals surface area contributed by atoms with Gasteiger partial charge in [-0.2, -0.15) is 0 Å². The van der Waals surface area contributed by atoms with Crippen LogP contribution in [0.1, 0.15) is 12.1 Å². The Hall–Kier alpha value is -2.08. The van der Waals surface area contributed by atoms with Crippen molar-refractivity contribution in [2.24, 2.45) is 11.8 Å². The molecule has 5 nitrogen and oxygen atoms in total. The Balaban J connectivity index is 1.83. The molecule has 110 valence electrons. The van der Waals surface area contributed by atoms with Gasteiger partial charge in [-0.1, -0.05) is 46.3 Å². The van der Waals surface area contributed by atoms with Crippen LogP contribution in [0.2, 0.25) is 0 Å². The van der Waals surface area contributed by atoms with E-state index in [0.29, 0.717) is 17.5 Å². The van der Waals surface area contributed by atoms with Crippen molar-refractivity contribution in [1.82, 2.24) is 13.9 Å². The van der Waals surface area contributed by atoms with Gasteiger partial charge in [0.1, 0.15) is 0 Å². The van der Waals surface area contributed by atoms with E-state index in [4.69, 9.17) is 0 Å². The van der Waals surface area contributed by atoms with Crippen LogP contribution < -0.4 is 11.4 Å². The number of aromatic nitrogens is 3.